The van der Waals surface area contributed by atoms with Gasteiger partial charge in [-0.1, -0.05) is 19.9 Å². The minimum Gasteiger partial charge on any atom is -0.380 e. The second-order valence-corrected chi connectivity index (χ2v) is 4.47. The molecule has 0 fully saturated rings. The standard InChI is InChI=1S/C13H22N2O/c1-11(2)10-16-7-6-14-9-13-5-4-12(3)8-15-13/h4-5,8,11,14H,6-7,9-10H2,1-3H3. The van der Waals surface area contributed by atoms with Crippen LogP contribution in [0.25, 0.3) is 0 Å². The molecule has 1 rings (SSSR count). The zero-order valence-corrected chi connectivity index (χ0v) is 10.5. The summed E-state index contributed by atoms with van der Waals surface area (Å²) in [5.41, 5.74) is 2.28. The highest BCUT2D eigenvalue weighted by atomic mass is 16.5. The largest absolute Gasteiger partial charge is 0.380 e. The quantitative estimate of drug-likeness (QED) is 0.718. The van der Waals surface area contributed by atoms with Crippen LogP contribution in [0.1, 0.15) is 25.1 Å². The van der Waals surface area contributed by atoms with Gasteiger partial charge in [-0.3, -0.25) is 4.98 Å². The van der Waals surface area contributed by atoms with E-state index in [2.05, 4.69) is 36.3 Å². The number of pyridine rings is 1. The van der Waals surface area contributed by atoms with Crippen molar-refractivity contribution in [1.82, 2.24) is 10.3 Å². The summed E-state index contributed by atoms with van der Waals surface area (Å²) in [6, 6.07) is 4.14. The molecule has 1 N–H and O–H groups in total. The van der Waals surface area contributed by atoms with E-state index in [1.54, 1.807) is 0 Å². The van der Waals surface area contributed by atoms with Crippen molar-refractivity contribution in [2.45, 2.75) is 27.3 Å². The van der Waals surface area contributed by atoms with E-state index < -0.39 is 0 Å². The Bertz CT molecular complexity index is 282. The number of hydrogen-bond acceptors (Lipinski definition) is 3. The van der Waals surface area contributed by atoms with Gasteiger partial charge in [-0.25, -0.2) is 0 Å². The van der Waals surface area contributed by atoms with Crippen molar-refractivity contribution < 1.29 is 4.74 Å². The summed E-state index contributed by atoms with van der Waals surface area (Å²) in [6.07, 6.45) is 1.90. The third-order valence-corrected chi connectivity index (χ3v) is 2.15. The Hall–Kier alpha value is -0.930. The molecule has 0 radical (unpaired) electrons. The van der Waals surface area contributed by atoms with Gasteiger partial charge >= 0.3 is 0 Å². The SMILES string of the molecule is Cc1ccc(CNCCOCC(C)C)nc1. The molecule has 0 unspecified atom stereocenters. The van der Waals surface area contributed by atoms with Gasteiger partial charge < -0.3 is 10.1 Å². The highest BCUT2D eigenvalue weighted by Crippen LogP contribution is 1.97. The van der Waals surface area contributed by atoms with Crippen molar-refractivity contribution in [3.05, 3.63) is 29.6 Å². The molecule has 0 saturated heterocycles. The Morgan fingerprint density at radius 2 is 2.19 bits per heavy atom. The number of aromatic nitrogens is 1. The van der Waals surface area contributed by atoms with E-state index in [4.69, 9.17) is 4.74 Å². The van der Waals surface area contributed by atoms with Crippen molar-refractivity contribution in [2.75, 3.05) is 19.8 Å². The van der Waals surface area contributed by atoms with Crippen LogP contribution in [0.4, 0.5) is 0 Å². The van der Waals surface area contributed by atoms with Crippen molar-refractivity contribution >= 4 is 0 Å². The van der Waals surface area contributed by atoms with E-state index in [0.29, 0.717) is 5.92 Å². The summed E-state index contributed by atoms with van der Waals surface area (Å²) in [5, 5.41) is 3.31. The van der Waals surface area contributed by atoms with Gasteiger partial charge in [-0.2, -0.15) is 0 Å². The Morgan fingerprint density at radius 1 is 1.38 bits per heavy atom. The zero-order chi connectivity index (χ0) is 11.8. The predicted octanol–water partition coefficient (Wildman–Crippen LogP) is 2.15. The Labute approximate surface area is 98.2 Å². The molecule has 0 amide bonds. The van der Waals surface area contributed by atoms with E-state index in [0.717, 1.165) is 32.0 Å². The van der Waals surface area contributed by atoms with Crippen molar-refractivity contribution in [1.29, 1.82) is 0 Å². The lowest BCUT2D eigenvalue weighted by Gasteiger charge is -2.07. The average molecular weight is 222 g/mol. The highest BCUT2D eigenvalue weighted by Gasteiger charge is 1.95. The van der Waals surface area contributed by atoms with Gasteiger partial charge in [-0.05, 0) is 24.5 Å². The van der Waals surface area contributed by atoms with Gasteiger partial charge in [-0.15, -0.1) is 0 Å². The zero-order valence-electron chi connectivity index (χ0n) is 10.5. The molecule has 3 nitrogen and oxygen atoms in total. The molecule has 0 aliphatic heterocycles. The normalized spacial score (nSPS) is 11.0. The summed E-state index contributed by atoms with van der Waals surface area (Å²) < 4.78 is 5.47. The summed E-state index contributed by atoms with van der Waals surface area (Å²) in [6.45, 7) is 9.65. The fraction of sp³-hybridized carbons (Fsp3) is 0.615. The maximum absolute atomic E-state index is 5.47. The fourth-order valence-corrected chi connectivity index (χ4v) is 1.28. The first-order valence-electron chi connectivity index (χ1n) is 5.88. The maximum Gasteiger partial charge on any atom is 0.0591 e. The number of nitrogens with one attached hydrogen (secondary N) is 1. The Kier molecular flexibility index (Phi) is 6.04. The van der Waals surface area contributed by atoms with Crippen LogP contribution in [0.5, 0.6) is 0 Å². The fourth-order valence-electron chi connectivity index (χ4n) is 1.28. The lowest BCUT2D eigenvalue weighted by atomic mass is 10.2. The monoisotopic (exact) mass is 222 g/mol. The first kappa shape index (κ1) is 13.1. The second-order valence-electron chi connectivity index (χ2n) is 4.47. The second kappa shape index (κ2) is 7.36. The van der Waals surface area contributed by atoms with Gasteiger partial charge in [0.1, 0.15) is 0 Å². The van der Waals surface area contributed by atoms with Crippen LogP contribution >= 0.6 is 0 Å². The van der Waals surface area contributed by atoms with Crippen LogP contribution in [0.3, 0.4) is 0 Å². The molecule has 90 valence electrons. The molecule has 1 aromatic rings. The Morgan fingerprint density at radius 3 is 2.81 bits per heavy atom. The van der Waals surface area contributed by atoms with Crippen molar-refractivity contribution in [3.63, 3.8) is 0 Å². The van der Waals surface area contributed by atoms with E-state index in [1.165, 1.54) is 5.56 Å². The van der Waals surface area contributed by atoms with Gasteiger partial charge in [0, 0.05) is 25.9 Å². The van der Waals surface area contributed by atoms with Crippen LogP contribution in [-0.2, 0) is 11.3 Å². The minimum absolute atomic E-state index is 0.610. The van der Waals surface area contributed by atoms with E-state index in [9.17, 15) is 0 Å². The van der Waals surface area contributed by atoms with Crippen LogP contribution in [0.2, 0.25) is 0 Å². The number of aryl methyl sites for hydroxylation is 1. The maximum atomic E-state index is 5.47. The third kappa shape index (κ3) is 5.83. The summed E-state index contributed by atoms with van der Waals surface area (Å²) in [7, 11) is 0. The molecule has 0 saturated carbocycles. The molecule has 0 atom stereocenters. The molecular formula is C13H22N2O. The Balaban J connectivity index is 2.05. The third-order valence-electron chi connectivity index (χ3n) is 2.15. The summed E-state index contributed by atoms with van der Waals surface area (Å²) in [4.78, 5) is 4.32. The number of rotatable bonds is 7. The molecule has 3 heteroatoms. The molecule has 1 aromatic heterocycles. The summed E-state index contributed by atoms with van der Waals surface area (Å²) in [5.74, 6) is 0.610. The average Bonchev–Trinajstić information content (AvgIpc) is 2.25. The molecule has 0 aromatic carbocycles. The first-order valence-corrected chi connectivity index (χ1v) is 5.88. The van der Waals surface area contributed by atoms with Crippen LogP contribution in [0, 0.1) is 12.8 Å². The lowest BCUT2D eigenvalue weighted by Crippen LogP contribution is -2.20. The smallest absolute Gasteiger partial charge is 0.0591 e. The molecular weight excluding hydrogens is 200 g/mol. The number of nitrogens with zero attached hydrogens (tertiary/aromatic N) is 1. The highest BCUT2D eigenvalue weighted by molar-refractivity contribution is 5.11. The van der Waals surface area contributed by atoms with Gasteiger partial charge in [0.2, 0.25) is 0 Å². The molecule has 0 aliphatic rings. The van der Waals surface area contributed by atoms with Crippen LogP contribution < -0.4 is 5.32 Å². The van der Waals surface area contributed by atoms with Crippen LogP contribution in [-0.4, -0.2) is 24.7 Å². The first-order chi connectivity index (χ1) is 7.68. The van der Waals surface area contributed by atoms with E-state index >= 15 is 0 Å². The van der Waals surface area contributed by atoms with E-state index in [-0.39, 0.29) is 0 Å². The summed E-state index contributed by atoms with van der Waals surface area (Å²) >= 11 is 0. The van der Waals surface area contributed by atoms with Gasteiger partial charge in [0.15, 0.2) is 0 Å². The predicted molar refractivity (Wildman–Crippen MR) is 66.3 cm³/mol. The van der Waals surface area contributed by atoms with Gasteiger partial charge in [0.25, 0.3) is 0 Å². The van der Waals surface area contributed by atoms with Crippen molar-refractivity contribution in [3.8, 4) is 0 Å². The molecule has 0 spiro atoms. The van der Waals surface area contributed by atoms with E-state index in [1.807, 2.05) is 13.1 Å². The molecule has 16 heavy (non-hydrogen) atoms. The minimum atomic E-state index is 0.610. The number of hydrogen-bond donors (Lipinski definition) is 1. The van der Waals surface area contributed by atoms with Crippen molar-refractivity contribution in [2.24, 2.45) is 5.92 Å². The molecule has 0 aliphatic carbocycles. The number of ether oxygens (including phenoxy) is 1. The van der Waals surface area contributed by atoms with Gasteiger partial charge in [0.05, 0.1) is 12.3 Å². The van der Waals surface area contributed by atoms with Crippen LogP contribution in [0.15, 0.2) is 18.3 Å². The molecule has 0 bridgehead atoms. The lowest BCUT2D eigenvalue weighted by molar-refractivity contribution is 0.111. The topological polar surface area (TPSA) is 34.1 Å². The molecule has 1 heterocycles.